The highest BCUT2D eigenvalue weighted by Crippen LogP contribution is 2.51. The quantitative estimate of drug-likeness (QED) is 0.558. The number of hydrogen-bond acceptors (Lipinski definition) is 4. The second-order valence-corrected chi connectivity index (χ2v) is 8.08. The number of carbonyl (C=O) groups excluding carboxylic acids is 1. The molecule has 2 N–H and O–H groups in total. The molecule has 0 aromatic rings. The van der Waals surface area contributed by atoms with E-state index in [4.69, 9.17) is 4.74 Å². The summed E-state index contributed by atoms with van der Waals surface area (Å²) < 4.78 is 5.50. The molecule has 2 rings (SSSR count). The van der Waals surface area contributed by atoms with Crippen molar-refractivity contribution in [2.45, 2.75) is 84.5 Å². The molecule has 140 valence electrons. The summed E-state index contributed by atoms with van der Waals surface area (Å²) in [6.45, 7) is 9.44. The van der Waals surface area contributed by atoms with E-state index < -0.39 is 17.1 Å². The summed E-state index contributed by atoms with van der Waals surface area (Å²) in [7, 11) is 0. The van der Waals surface area contributed by atoms with Crippen molar-refractivity contribution in [2.24, 2.45) is 5.41 Å². The highest BCUT2D eigenvalue weighted by molar-refractivity contribution is 5.66. The van der Waals surface area contributed by atoms with E-state index in [2.05, 4.69) is 6.92 Å². The molecule has 0 unspecified atom stereocenters. The van der Waals surface area contributed by atoms with Gasteiger partial charge in [0, 0.05) is 18.8 Å². The smallest absolute Gasteiger partial charge is 0.303 e. The Morgan fingerprint density at radius 1 is 1.28 bits per heavy atom. The third-order valence-corrected chi connectivity index (χ3v) is 5.94. The van der Waals surface area contributed by atoms with Crippen LogP contribution in [0.1, 0.15) is 66.7 Å². The van der Waals surface area contributed by atoms with Gasteiger partial charge in [-0.15, -0.1) is 0 Å². The Balaban J connectivity index is 2.52. The van der Waals surface area contributed by atoms with Gasteiger partial charge in [0.25, 0.3) is 0 Å². The van der Waals surface area contributed by atoms with Crippen LogP contribution >= 0.6 is 0 Å². The van der Waals surface area contributed by atoms with Crippen LogP contribution in [0.3, 0.4) is 0 Å². The van der Waals surface area contributed by atoms with Crippen LogP contribution < -0.4 is 0 Å². The number of hydrogen-bond donors (Lipinski definition) is 2. The molecule has 4 nitrogen and oxygen atoms in total. The average Bonchev–Trinajstić information content (AvgIpc) is 2.50. The van der Waals surface area contributed by atoms with Gasteiger partial charge in [-0.05, 0) is 45.6 Å². The van der Waals surface area contributed by atoms with Gasteiger partial charge in [0.2, 0.25) is 0 Å². The molecule has 0 aromatic heterocycles. The van der Waals surface area contributed by atoms with E-state index >= 15 is 0 Å². The van der Waals surface area contributed by atoms with Gasteiger partial charge in [0.15, 0.2) is 0 Å². The minimum Gasteiger partial charge on any atom is -0.458 e. The van der Waals surface area contributed by atoms with Crippen molar-refractivity contribution < 1.29 is 19.7 Å². The minimum atomic E-state index is -1.23. The highest BCUT2D eigenvalue weighted by atomic mass is 16.5. The maximum absolute atomic E-state index is 11.5. The fraction of sp³-hybridized carbons (Fsp3) is 0.667. The van der Waals surface area contributed by atoms with Crippen LogP contribution in [0.25, 0.3) is 0 Å². The summed E-state index contributed by atoms with van der Waals surface area (Å²) in [5.74, 6) is -0.306. The van der Waals surface area contributed by atoms with E-state index in [1.165, 1.54) is 12.5 Å². The molecule has 0 heterocycles. The van der Waals surface area contributed by atoms with Crippen molar-refractivity contribution in [3.63, 3.8) is 0 Å². The van der Waals surface area contributed by atoms with E-state index in [1.54, 1.807) is 6.08 Å². The Hall–Kier alpha value is -1.39. The van der Waals surface area contributed by atoms with Gasteiger partial charge in [-0.1, -0.05) is 42.7 Å². The number of ether oxygens (including phenoxy) is 1. The average molecular weight is 348 g/mol. The van der Waals surface area contributed by atoms with Crippen LogP contribution in [0.5, 0.6) is 0 Å². The van der Waals surface area contributed by atoms with Crippen LogP contribution in [0.4, 0.5) is 0 Å². The van der Waals surface area contributed by atoms with E-state index in [0.29, 0.717) is 12.8 Å². The first-order valence-electron chi connectivity index (χ1n) is 9.18. The van der Waals surface area contributed by atoms with Gasteiger partial charge in [0.1, 0.15) is 17.8 Å². The predicted molar refractivity (Wildman–Crippen MR) is 99.0 cm³/mol. The van der Waals surface area contributed by atoms with Gasteiger partial charge < -0.3 is 14.9 Å². The molecule has 3 atom stereocenters. The molecule has 0 amide bonds. The minimum absolute atomic E-state index is 0.306. The number of esters is 1. The molecular formula is C21H32O4. The Kier molecular flexibility index (Phi) is 5.95. The number of rotatable bonds is 1. The van der Waals surface area contributed by atoms with Crippen LogP contribution in [0, 0.1) is 5.41 Å². The molecule has 0 fully saturated rings. The first-order chi connectivity index (χ1) is 11.6. The predicted octanol–water partition coefficient (Wildman–Crippen LogP) is 3.83. The van der Waals surface area contributed by atoms with Crippen molar-refractivity contribution in [3.05, 3.63) is 34.9 Å². The zero-order chi connectivity index (χ0) is 18.8. The first kappa shape index (κ1) is 19.9. The second-order valence-electron chi connectivity index (χ2n) is 8.08. The van der Waals surface area contributed by atoms with E-state index in [1.807, 2.05) is 32.9 Å². The standard InChI is InChI=1S/C21H32O4/c1-14-8-6-7-9-17(25-16(3)22)13-18-15(2)10-11-21(24,19(23)12-14)20(18,4)5/h7,9,12,17,19,23-24H,6,8,10-11,13H2,1-5H3/b9-7+,14-12?/t17-,19+,21+/m1/s1. The fourth-order valence-corrected chi connectivity index (χ4v) is 4.20. The van der Waals surface area contributed by atoms with Gasteiger partial charge in [-0.2, -0.15) is 0 Å². The molecule has 25 heavy (non-hydrogen) atoms. The van der Waals surface area contributed by atoms with Crippen LogP contribution in [-0.4, -0.2) is 34.0 Å². The van der Waals surface area contributed by atoms with Crippen molar-refractivity contribution in [1.82, 2.24) is 0 Å². The number of carbonyl (C=O) groups is 1. The molecule has 0 saturated heterocycles. The molecule has 2 aliphatic carbocycles. The van der Waals surface area contributed by atoms with Crippen LogP contribution in [0.2, 0.25) is 0 Å². The summed E-state index contributed by atoms with van der Waals surface area (Å²) in [6, 6.07) is 0. The first-order valence-corrected chi connectivity index (χ1v) is 9.18. The van der Waals surface area contributed by atoms with Gasteiger partial charge in [0.05, 0.1) is 0 Å². The maximum Gasteiger partial charge on any atom is 0.303 e. The SMILES string of the molecule is CC(=O)O[C@@H]1/C=C/CCC(C)=C[C@H](O)[C@@]2(O)CCC(C)=C(C1)C2(C)C. The van der Waals surface area contributed by atoms with E-state index in [0.717, 1.165) is 30.4 Å². The van der Waals surface area contributed by atoms with E-state index in [-0.39, 0.29) is 12.1 Å². The summed E-state index contributed by atoms with van der Waals surface area (Å²) in [5.41, 5.74) is 1.50. The zero-order valence-electron chi connectivity index (χ0n) is 16.1. The monoisotopic (exact) mass is 348 g/mol. The van der Waals surface area contributed by atoms with Gasteiger partial charge in [-0.3, -0.25) is 4.79 Å². The van der Waals surface area contributed by atoms with E-state index in [9.17, 15) is 15.0 Å². The molecule has 0 aliphatic heterocycles. The van der Waals surface area contributed by atoms with Gasteiger partial charge >= 0.3 is 5.97 Å². The second kappa shape index (κ2) is 7.46. The lowest BCUT2D eigenvalue weighted by molar-refractivity contribution is -0.145. The topological polar surface area (TPSA) is 66.8 Å². The van der Waals surface area contributed by atoms with Crippen molar-refractivity contribution in [2.75, 3.05) is 0 Å². The molecular weight excluding hydrogens is 316 g/mol. The van der Waals surface area contributed by atoms with Crippen molar-refractivity contribution in [3.8, 4) is 0 Å². The lowest BCUT2D eigenvalue weighted by Gasteiger charge is -2.51. The lowest BCUT2D eigenvalue weighted by Crippen LogP contribution is -2.56. The zero-order valence-corrected chi connectivity index (χ0v) is 16.1. The van der Waals surface area contributed by atoms with Crippen LogP contribution in [0.15, 0.2) is 34.9 Å². The van der Waals surface area contributed by atoms with Crippen LogP contribution in [-0.2, 0) is 9.53 Å². The Labute approximate surface area is 151 Å². The molecule has 0 spiro atoms. The molecule has 2 bridgehead atoms. The number of aliphatic hydroxyl groups is 2. The Bertz CT molecular complexity index is 611. The summed E-state index contributed by atoms with van der Waals surface area (Å²) >= 11 is 0. The molecule has 2 aliphatic rings. The number of allylic oxidation sites excluding steroid dienone is 3. The highest BCUT2D eigenvalue weighted by Gasteiger charge is 2.52. The largest absolute Gasteiger partial charge is 0.458 e. The maximum atomic E-state index is 11.5. The molecule has 0 saturated carbocycles. The molecule has 0 radical (unpaired) electrons. The van der Waals surface area contributed by atoms with Gasteiger partial charge in [-0.25, -0.2) is 0 Å². The Morgan fingerprint density at radius 2 is 1.96 bits per heavy atom. The fourth-order valence-electron chi connectivity index (χ4n) is 4.20. The third-order valence-electron chi connectivity index (χ3n) is 5.94. The van der Waals surface area contributed by atoms with Crippen molar-refractivity contribution >= 4 is 5.97 Å². The normalized spacial score (nSPS) is 34.4. The molecule has 0 aromatic carbocycles. The number of aliphatic hydroxyl groups excluding tert-OH is 1. The third kappa shape index (κ3) is 4.06. The summed E-state index contributed by atoms with van der Waals surface area (Å²) in [5, 5.41) is 22.2. The van der Waals surface area contributed by atoms with Crippen molar-refractivity contribution in [1.29, 1.82) is 0 Å². The molecule has 4 heteroatoms. The summed E-state index contributed by atoms with van der Waals surface area (Å²) in [6.07, 6.45) is 7.96. The summed E-state index contributed by atoms with van der Waals surface area (Å²) in [4.78, 5) is 11.5. The number of fused-ring (bicyclic) bond motifs is 2. The lowest BCUT2D eigenvalue weighted by atomic mass is 9.59. The Morgan fingerprint density at radius 3 is 2.60 bits per heavy atom.